The third-order valence-electron chi connectivity index (χ3n) is 2.92. The first kappa shape index (κ1) is 9.17. The van der Waals surface area contributed by atoms with Crippen LogP contribution in [-0.4, -0.2) is 0 Å². The Morgan fingerprint density at radius 1 is 0.562 bits per heavy atom. The molecule has 76 valence electrons. The van der Waals surface area contributed by atoms with Gasteiger partial charge in [0.15, 0.2) is 0 Å². The number of allylic oxidation sites excluding steroid dienone is 3. The van der Waals surface area contributed by atoms with E-state index in [4.69, 9.17) is 0 Å². The fourth-order valence-corrected chi connectivity index (χ4v) is 2.07. The first-order valence-corrected chi connectivity index (χ1v) is 5.42. The van der Waals surface area contributed by atoms with Gasteiger partial charge < -0.3 is 0 Å². The summed E-state index contributed by atoms with van der Waals surface area (Å²) in [7, 11) is 0. The molecule has 2 aromatic carbocycles. The Morgan fingerprint density at radius 2 is 0.938 bits per heavy atom. The minimum Gasteiger partial charge on any atom is -0.0905 e. The zero-order valence-corrected chi connectivity index (χ0v) is 8.98. The maximum Gasteiger partial charge on any atom is -0.00263 e. The highest BCUT2D eigenvalue weighted by atomic mass is 14.3. The average Bonchev–Trinajstić information content (AvgIpc) is 3.03. The van der Waals surface area contributed by atoms with Gasteiger partial charge in [0, 0.05) is 0 Å². The summed E-state index contributed by atoms with van der Waals surface area (Å²) < 4.78 is 0. The summed E-state index contributed by atoms with van der Waals surface area (Å²) in [5.41, 5.74) is 6.34. The molecule has 3 rings (SSSR count). The molecule has 0 spiro atoms. The average molecular weight is 204 g/mol. The molecule has 0 saturated carbocycles. The summed E-state index contributed by atoms with van der Waals surface area (Å²) in [6, 6.07) is 20.9. The second-order valence-corrected chi connectivity index (χ2v) is 3.96. The fourth-order valence-electron chi connectivity index (χ4n) is 2.07. The second kappa shape index (κ2) is 3.49. The van der Waals surface area contributed by atoms with Crippen LogP contribution in [0.2, 0.25) is 0 Å². The number of benzene rings is 2. The molecule has 0 amide bonds. The zero-order chi connectivity index (χ0) is 11.0. The lowest BCUT2D eigenvalue weighted by atomic mass is 10.1. The monoisotopic (exact) mass is 204 g/mol. The van der Waals surface area contributed by atoms with Crippen molar-refractivity contribution in [2.75, 3.05) is 0 Å². The quantitative estimate of drug-likeness (QED) is 0.688. The molecule has 0 N–H and O–H groups in total. The molecule has 0 radical (unpaired) electrons. The van der Waals surface area contributed by atoms with E-state index in [1.54, 1.807) is 0 Å². The minimum atomic E-state index is 1.18. The maximum absolute atomic E-state index is 4.11. The van der Waals surface area contributed by atoms with Crippen LogP contribution in [0.3, 0.4) is 0 Å². The van der Waals surface area contributed by atoms with Gasteiger partial charge in [0.25, 0.3) is 0 Å². The van der Waals surface area contributed by atoms with Crippen molar-refractivity contribution in [1.82, 2.24) is 0 Å². The third-order valence-corrected chi connectivity index (χ3v) is 2.92. The lowest BCUT2D eigenvalue weighted by Gasteiger charge is -1.91. The van der Waals surface area contributed by atoms with Gasteiger partial charge in [-0.25, -0.2) is 0 Å². The highest BCUT2D eigenvalue weighted by Crippen LogP contribution is 2.51. The fraction of sp³-hybridized carbons (Fsp3) is 0. The summed E-state index contributed by atoms with van der Waals surface area (Å²) in [6.45, 7) is 4.11. The van der Waals surface area contributed by atoms with Crippen LogP contribution in [0.1, 0.15) is 11.1 Å². The predicted molar refractivity (Wildman–Crippen MR) is 68.8 cm³/mol. The Morgan fingerprint density at radius 3 is 1.31 bits per heavy atom. The van der Waals surface area contributed by atoms with Gasteiger partial charge in [0.05, 0.1) is 0 Å². The molecule has 0 aliphatic heterocycles. The lowest BCUT2D eigenvalue weighted by molar-refractivity contribution is 1.65. The van der Waals surface area contributed by atoms with Crippen molar-refractivity contribution >= 4 is 11.1 Å². The van der Waals surface area contributed by atoms with Crippen LogP contribution < -0.4 is 0 Å². The second-order valence-electron chi connectivity index (χ2n) is 3.96. The number of rotatable bonds is 2. The largest absolute Gasteiger partial charge is 0.0905 e. The first-order valence-electron chi connectivity index (χ1n) is 5.42. The maximum atomic E-state index is 4.11. The van der Waals surface area contributed by atoms with E-state index in [0.717, 1.165) is 0 Å². The van der Waals surface area contributed by atoms with Gasteiger partial charge in [-0.3, -0.25) is 0 Å². The van der Waals surface area contributed by atoms with E-state index in [1.165, 1.54) is 27.8 Å². The van der Waals surface area contributed by atoms with Crippen molar-refractivity contribution in [3.63, 3.8) is 0 Å². The van der Waals surface area contributed by atoms with Crippen molar-refractivity contribution < 1.29 is 0 Å². The molecule has 16 heavy (non-hydrogen) atoms. The number of hydrogen-bond donors (Lipinski definition) is 0. The molecular weight excluding hydrogens is 192 g/mol. The van der Waals surface area contributed by atoms with Gasteiger partial charge in [-0.05, 0) is 27.8 Å². The molecular formula is C16H12. The number of hydrogen-bond acceptors (Lipinski definition) is 0. The van der Waals surface area contributed by atoms with Gasteiger partial charge >= 0.3 is 0 Å². The van der Waals surface area contributed by atoms with Crippen molar-refractivity contribution in [3.8, 4) is 0 Å². The van der Waals surface area contributed by atoms with Crippen molar-refractivity contribution in [3.05, 3.63) is 83.9 Å². The van der Waals surface area contributed by atoms with Crippen LogP contribution in [0.4, 0.5) is 0 Å². The van der Waals surface area contributed by atoms with Gasteiger partial charge in [-0.2, -0.15) is 0 Å². The standard InChI is InChI=1S/C16H12/c1-12-15(13-8-4-2-5-9-13)16(12)14-10-6-3-7-11-14/h2-11H,1H2. The van der Waals surface area contributed by atoms with E-state index in [0.29, 0.717) is 0 Å². The van der Waals surface area contributed by atoms with Gasteiger partial charge in [-0.15, -0.1) is 0 Å². The minimum absolute atomic E-state index is 1.18. The predicted octanol–water partition coefficient (Wildman–Crippen LogP) is 4.17. The zero-order valence-electron chi connectivity index (χ0n) is 8.98. The van der Waals surface area contributed by atoms with Gasteiger partial charge in [0.1, 0.15) is 0 Å². The lowest BCUT2D eigenvalue weighted by Crippen LogP contribution is -1.70. The first-order chi connectivity index (χ1) is 7.88. The van der Waals surface area contributed by atoms with E-state index in [2.05, 4.69) is 55.1 Å². The summed E-state index contributed by atoms with van der Waals surface area (Å²) in [5, 5.41) is 0. The van der Waals surface area contributed by atoms with Crippen LogP contribution in [0.15, 0.2) is 72.8 Å². The van der Waals surface area contributed by atoms with Crippen LogP contribution in [0.25, 0.3) is 11.1 Å². The van der Waals surface area contributed by atoms with E-state index in [-0.39, 0.29) is 0 Å². The molecule has 2 aromatic rings. The molecule has 0 nitrogen and oxygen atoms in total. The van der Waals surface area contributed by atoms with E-state index in [1.807, 2.05) is 12.1 Å². The molecule has 1 aliphatic carbocycles. The summed E-state index contributed by atoms with van der Waals surface area (Å²) in [5.74, 6) is 0. The summed E-state index contributed by atoms with van der Waals surface area (Å²) in [6.07, 6.45) is 0. The van der Waals surface area contributed by atoms with E-state index >= 15 is 0 Å². The Hall–Kier alpha value is -2.08. The van der Waals surface area contributed by atoms with Crippen molar-refractivity contribution in [1.29, 1.82) is 0 Å². The Bertz CT molecular complexity index is 508. The molecule has 0 atom stereocenters. The molecule has 0 heteroatoms. The van der Waals surface area contributed by atoms with Gasteiger partial charge in [-0.1, -0.05) is 67.2 Å². The summed E-state index contributed by atoms with van der Waals surface area (Å²) >= 11 is 0. The third kappa shape index (κ3) is 1.40. The highest BCUT2D eigenvalue weighted by Gasteiger charge is 2.29. The van der Waals surface area contributed by atoms with Crippen LogP contribution in [0.5, 0.6) is 0 Å². The Balaban J connectivity index is 2.05. The molecule has 0 saturated heterocycles. The van der Waals surface area contributed by atoms with Gasteiger partial charge in [0.2, 0.25) is 0 Å². The molecule has 0 fully saturated rings. The highest BCUT2D eigenvalue weighted by molar-refractivity contribution is 6.25. The molecule has 0 aromatic heterocycles. The molecule has 0 unspecified atom stereocenters. The molecule has 0 heterocycles. The van der Waals surface area contributed by atoms with Crippen LogP contribution >= 0.6 is 0 Å². The Labute approximate surface area is 95.6 Å². The van der Waals surface area contributed by atoms with Crippen LogP contribution in [0, 0.1) is 0 Å². The summed E-state index contributed by atoms with van der Waals surface area (Å²) in [4.78, 5) is 0. The normalized spacial score (nSPS) is 14.1. The van der Waals surface area contributed by atoms with E-state index in [9.17, 15) is 0 Å². The SMILES string of the molecule is C=C1C(c2ccccc2)=C1c1ccccc1. The smallest absolute Gasteiger partial charge is 0.00263 e. The van der Waals surface area contributed by atoms with Crippen molar-refractivity contribution in [2.24, 2.45) is 0 Å². The van der Waals surface area contributed by atoms with Crippen molar-refractivity contribution in [2.45, 2.75) is 0 Å². The molecule has 0 bridgehead atoms. The van der Waals surface area contributed by atoms with Crippen LogP contribution in [-0.2, 0) is 0 Å². The molecule has 1 aliphatic rings. The topological polar surface area (TPSA) is 0 Å². The Kier molecular flexibility index (Phi) is 2.00. The van der Waals surface area contributed by atoms with E-state index < -0.39 is 0 Å².